The molecule has 1 aliphatic carbocycles. The van der Waals surface area contributed by atoms with Gasteiger partial charge in [-0.05, 0) is 61.5 Å². The highest BCUT2D eigenvalue weighted by atomic mass is 28.4. The van der Waals surface area contributed by atoms with Crippen molar-refractivity contribution in [3.8, 4) is 0 Å². The van der Waals surface area contributed by atoms with E-state index in [1.54, 1.807) is 0 Å². The zero-order valence-corrected chi connectivity index (χ0v) is 18.2. The minimum Gasteiger partial charge on any atom is -0.416 e. The summed E-state index contributed by atoms with van der Waals surface area (Å²) in [7, 11) is -1.77. The van der Waals surface area contributed by atoms with E-state index in [9.17, 15) is 4.39 Å². The Morgan fingerprint density at radius 1 is 1.23 bits per heavy atom. The van der Waals surface area contributed by atoms with Crippen LogP contribution in [0, 0.1) is 5.92 Å². The first-order valence-corrected chi connectivity index (χ1v) is 12.9. The van der Waals surface area contributed by atoms with E-state index < -0.39 is 8.32 Å². The number of nitrogens with one attached hydrogen (secondary N) is 1. The fourth-order valence-electron chi connectivity index (χ4n) is 3.17. The highest BCUT2D eigenvalue weighted by molar-refractivity contribution is 6.74. The number of halogens is 1. The Morgan fingerprint density at radius 2 is 1.92 bits per heavy atom. The van der Waals surface area contributed by atoms with Crippen molar-refractivity contribution < 1.29 is 8.82 Å². The van der Waals surface area contributed by atoms with Gasteiger partial charge in [-0.2, -0.15) is 0 Å². The van der Waals surface area contributed by atoms with Gasteiger partial charge in [-0.25, -0.2) is 4.39 Å². The molecule has 1 fully saturated rings. The molecule has 0 aliphatic heterocycles. The fraction of sp³-hybridized carbons (Fsp3) is 0.636. The van der Waals surface area contributed by atoms with Crippen LogP contribution in [0.2, 0.25) is 18.1 Å². The molecule has 0 bridgehead atoms. The van der Waals surface area contributed by atoms with E-state index in [-0.39, 0.29) is 16.8 Å². The Hall–Kier alpha value is -0.973. The standard InChI is InChI=1S/C22H36FNOSi/c1-22(2,3)26(4,5)25-17-19-12-9-13-20(19)21(23)16-24-15-14-18-10-7-6-8-11-18/h6-8,10-11,19,24H,9,12-17H2,1-5H3/b21-20+. The van der Waals surface area contributed by atoms with E-state index in [0.29, 0.717) is 13.2 Å². The molecule has 0 spiro atoms. The molecule has 1 N–H and O–H groups in total. The first kappa shape index (κ1) is 21.3. The summed E-state index contributed by atoms with van der Waals surface area (Å²) in [6, 6.07) is 10.3. The molecule has 1 aromatic carbocycles. The topological polar surface area (TPSA) is 21.3 Å². The van der Waals surface area contributed by atoms with Gasteiger partial charge < -0.3 is 9.74 Å². The maximum Gasteiger partial charge on any atom is 0.192 e. The largest absolute Gasteiger partial charge is 0.416 e. The molecule has 1 aromatic rings. The highest BCUT2D eigenvalue weighted by Crippen LogP contribution is 2.39. The number of hydrogen-bond donors (Lipinski definition) is 1. The predicted molar refractivity (Wildman–Crippen MR) is 112 cm³/mol. The molecule has 0 radical (unpaired) electrons. The minimum absolute atomic E-state index is 0.0411. The van der Waals surface area contributed by atoms with E-state index >= 15 is 0 Å². The summed E-state index contributed by atoms with van der Waals surface area (Å²) in [4.78, 5) is 0. The van der Waals surface area contributed by atoms with Crippen molar-refractivity contribution in [2.45, 2.75) is 64.6 Å². The average Bonchev–Trinajstić information content (AvgIpc) is 3.05. The quantitative estimate of drug-likeness (QED) is 0.452. The van der Waals surface area contributed by atoms with Crippen LogP contribution in [0.3, 0.4) is 0 Å². The predicted octanol–water partition coefficient (Wildman–Crippen LogP) is 5.86. The lowest BCUT2D eigenvalue weighted by molar-refractivity contribution is 0.246. The van der Waals surface area contributed by atoms with Gasteiger partial charge in [0.15, 0.2) is 8.32 Å². The molecular weight excluding hydrogens is 341 g/mol. The zero-order chi connectivity index (χ0) is 19.2. The summed E-state index contributed by atoms with van der Waals surface area (Å²) in [5.74, 6) is 0.305. The third-order valence-corrected chi connectivity index (χ3v) is 10.5. The molecule has 1 aliphatic rings. The van der Waals surface area contributed by atoms with Gasteiger partial charge in [0.1, 0.15) is 5.83 Å². The Morgan fingerprint density at radius 3 is 2.58 bits per heavy atom. The molecule has 26 heavy (non-hydrogen) atoms. The molecule has 0 heterocycles. The van der Waals surface area contributed by atoms with Crippen LogP contribution in [0.5, 0.6) is 0 Å². The van der Waals surface area contributed by atoms with Gasteiger partial charge >= 0.3 is 0 Å². The number of rotatable bonds is 8. The van der Waals surface area contributed by atoms with Gasteiger partial charge in [-0.15, -0.1) is 0 Å². The van der Waals surface area contributed by atoms with Crippen LogP contribution in [0.4, 0.5) is 4.39 Å². The van der Waals surface area contributed by atoms with Crippen LogP contribution < -0.4 is 5.32 Å². The van der Waals surface area contributed by atoms with Gasteiger partial charge in [0, 0.05) is 19.1 Å². The third kappa shape index (κ3) is 6.03. The van der Waals surface area contributed by atoms with E-state index in [2.05, 4.69) is 51.3 Å². The van der Waals surface area contributed by atoms with Crippen LogP contribution in [0.25, 0.3) is 0 Å². The second-order valence-corrected chi connectivity index (χ2v) is 13.8. The molecule has 146 valence electrons. The van der Waals surface area contributed by atoms with Crippen molar-refractivity contribution in [1.29, 1.82) is 0 Å². The average molecular weight is 378 g/mol. The molecule has 0 amide bonds. The lowest BCUT2D eigenvalue weighted by Gasteiger charge is -2.37. The summed E-state index contributed by atoms with van der Waals surface area (Å²) in [6.07, 6.45) is 3.96. The maximum atomic E-state index is 14.7. The van der Waals surface area contributed by atoms with E-state index in [1.807, 2.05) is 18.2 Å². The van der Waals surface area contributed by atoms with Crippen LogP contribution in [-0.2, 0) is 10.8 Å². The lowest BCUT2D eigenvalue weighted by Crippen LogP contribution is -2.42. The lowest BCUT2D eigenvalue weighted by atomic mass is 10.0. The Bertz CT molecular complexity index is 592. The molecule has 1 saturated carbocycles. The van der Waals surface area contributed by atoms with Crippen molar-refractivity contribution in [1.82, 2.24) is 5.32 Å². The smallest absolute Gasteiger partial charge is 0.192 e. The highest BCUT2D eigenvalue weighted by Gasteiger charge is 2.38. The third-order valence-electron chi connectivity index (χ3n) is 6.00. The monoisotopic (exact) mass is 377 g/mol. The first-order valence-electron chi connectivity index (χ1n) is 9.97. The van der Waals surface area contributed by atoms with Crippen molar-refractivity contribution >= 4 is 8.32 Å². The summed E-state index contributed by atoms with van der Waals surface area (Å²) in [6.45, 7) is 13.1. The van der Waals surface area contributed by atoms with Crippen LogP contribution in [0.1, 0.15) is 45.6 Å². The van der Waals surface area contributed by atoms with Crippen molar-refractivity contribution in [2.75, 3.05) is 19.7 Å². The van der Waals surface area contributed by atoms with E-state index in [0.717, 1.165) is 37.8 Å². The molecule has 0 saturated heterocycles. The molecule has 1 unspecified atom stereocenters. The van der Waals surface area contributed by atoms with Crippen LogP contribution >= 0.6 is 0 Å². The summed E-state index contributed by atoms with van der Waals surface area (Å²) in [5.41, 5.74) is 2.28. The molecule has 2 nitrogen and oxygen atoms in total. The van der Waals surface area contributed by atoms with Gasteiger partial charge in [0.2, 0.25) is 0 Å². The normalized spacial score (nSPS) is 20.5. The SMILES string of the molecule is CC(C)(C)[Si](C)(C)OCC1CCC/C1=C(\F)CNCCc1ccccc1. The maximum absolute atomic E-state index is 14.7. The van der Waals surface area contributed by atoms with Gasteiger partial charge in [0.05, 0.1) is 0 Å². The minimum atomic E-state index is -1.77. The zero-order valence-electron chi connectivity index (χ0n) is 17.2. The summed E-state index contributed by atoms with van der Waals surface area (Å²) in [5, 5.41) is 3.46. The van der Waals surface area contributed by atoms with Crippen LogP contribution in [0.15, 0.2) is 41.7 Å². The summed E-state index contributed by atoms with van der Waals surface area (Å²) >= 11 is 0. The van der Waals surface area contributed by atoms with E-state index in [4.69, 9.17) is 4.43 Å². The Balaban J connectivity index is 1.82. The van der Waals surface area contributed by atoms with Gasteiger partial charge in [-0.1, -0.05) is 51.1 Å². The van der Waals surface area contributed by atoms with Gasteiger partial charge in [-0.3, -0.25) is 0 Å². The van der Waals surface area contributed by atoms with Crippen molar-refractivity contribution in [3.05, 3.63) is 47.3 Å². The van der Waals surface area contributed by atoms with Crippen LogP contribution in [-0.4, -0.2) is 28.0 Å². The molecule has 1 atom stereocenters. The second kappa shape index (κ2) is 9.29. The van der Waals surface area contributed by atoms with Crippen molar-refractivity contribution in [3.63, 3.8) is 0 Å². The van der Waals surface area contributed by atoms with Gasteiger partial charge in [0.25, 0.3) is 0 Å². The molecule has 0 aromatic heterocycles. The Kier molecular flexibility index (Phi) is 7.62. The number of hydrogen-bond acceptors (Lipinski definition) is 2. The van der Waals surface area contributed by atoms with E-state index in [1.165, 1.54) is 5.56 Å². The first-order chi connectivity index (χ1) is 12.2. The van der Waals surface area contributed by atoms with Crippen molar-refractivity contribution in [2.24, 2.45) is 5.92 Å². The molecule has 2 rings (SSSR count). The summed E-state index contributed by atoms with van der Waals surface area (Å²) < 4.78 is 21.1. The molecular formula is C22H36FNOSi. The molecule has 4 heteroatoms. The Labute approximate surface area is 160 Å². The second-order valence-electron chi connectivity index (χ2n) is 9.00. The number of benzene rings is 1. The fourth-order valence-corrected chi connectivity index (χ4v) is 4.22.